The summed E-state index contributed by atoms with van der Waals surface area (Å²) in [6.07, 6.45) is 0. The van der Waals surface area contributed by atoms with E-state index in [1.807, 2.05) is 0 Å². The molecule has 0 aromatic heterocycles. The number of hydrogen-bond donors (Lipinski definition) is 0. The van der Waals surface area contributed by atoms with Gasteiger partial charge in [0.25, 0.3) is 11.4 Å². The van der Waals surface area contributed by atoms with E-state index in [4.69, 9.17) is 0 Å². The normalized spacial score (nSPS) is 10.2. The predicted octanol–water partition coefficient (Wildman–Crippen LogP) is 3.96. The Morgan fingerprint density at radius 1 is 0.950 bits per heavy atom. The first-order valence-electron chi connectivity index (χ1n) is 5.65. The smallest absolute Gasteiger partial charge is 0.258 e. The van der Waals surface area contributed by atoms with Gasteiger partial charge in [0.05, 0.1) is 14.7 Å². The first-order valence-corrected chi connectivity index (χ1v) is 6.47. The van der Waals surface area contributed by atoms with Gasteiger partial charge >= 0.3 is 0 Å². The molecular weight excluding hydrogens is 280 g/mol. The molecule has 2 aromatic rings. The summed E-state index contributed by atoms with van der Waals surface area (Å²) < 4.78 is 0. The largest absolute Gasteiger partial charge is 0.283 e. The van der Waals surface area contributed by atoms with Gasteiger partial charge < -0.3 is 0 Å². The highest BCUT2D eigenvalue weighted by molar-refractivity contribution is 7.99. The van der Waals surface area contributed by atoms with E-state index in [2.05, 4.69) is 0 Å². The van der Waals surface area contributed by atoms with E-state index in [-0.39, 0.29) is 11.4 Å². The summed E-state index contributed by atoms with van der Waals surface area (Å²) in [6.45, 7) is 1.64. The van der Waals surface area contributed by atoms with Crippen molar-refractivity contribution in [2.24, 2.45) is 0 Å². The third kappa shape index (κ3) is 2.94. The lowest BCUT2D eigenvalue weighted by atomic mass is 10.2. The van der Waals surface area contributed by atoms with Crippen LogP contribution in [0.3, 0.4) is 0 Å². The van der Waals surface area contributed by atoms with Crippen LogP contribution in [0, 0.1) is 27.2 Å². The average Bonchev–Trinajstić information content (AvgIpc) is 2.38. The number of hydrogen-bond acceptors (Lipinski definition) is 5. The summed E-state index contributed by atoms with van der Waals surface area (Å²) in [5.41, 5.74) is 0.587. The molecule has 0 spiro atoms. The summed E-state index contributed by atoms with van der Waals surface area (Å²) in [5, 5.41) is 21.7. The van der Waals surface area contributed by atoms with Crippen molar-refractivity contribution in [2.45, 2.75) is 16.7 Å². The van der Waals surface area contributed by atoms with Gasteiger partial charge in [0.2, 0.25) is 0 Å². The average molecular weight is 290 g/mol. The van der Waals surface area contributed by atoms with Gasteiger partial charge in [0, 0.05) is 22.6 Å². The topological polar surface area (TPSA) is 86.3 Å². The molecule has 0 saturated heterocycles. The van der Waals surface area contributed by atoms with Crippen LogP contribution < -0.4 is 0 Å². The summed E-state index contributed by atoms with van der Waals surface area (Å²) in [4.78, 5) is 22.0. The lowest BCUT2D eigenvalue weighted by Crippen LogP contribution is -1.92. The van der Waals surface area contributed by atoms with E-state index in [1.165, 1.54) is 23.9 Å². The molecule has 0 atom stereocenters. The Morgan fingerprint density at radius 3 is 2.20 bits per heavy atom. The van der Waals surface area contributed by atoms with E-state index in [0.29, 0.717) is 10.5 Å². The maximum Gasteiger partial charge on any atom is 0.283 e. The van der Waals surface area contributed by atoms with Crippen molar-refractivity contribution < 1.29 is 9.85 Å². The summed E-state index contributed by atoms with van der Waals surface area (Å²) in [5.74, 6) is 0. The SMILES string of the molecule is Cc1cc(Sc2ccccc2[N+](=O)[O-])ccc1[N+](=O)[O-]. The van der Waals surface area contributed by atoms with E-state index in [9.17, 15) is 20.2 Å². The molecule has 0 fully saturated rings. The van der Waals surface area contributed by atoms with Crippen LogP contribution >= 0.6 is 11.8 Å². The monoisotopic (exact) mass is 290 g/mol. The van der Waals surface area contributed by atoms with Crippen molar-refractivity contribution in [1.82, 2.24) is 0 Å². The number of benzene rings is 2. The molecule has 0 aliphatic rings. The Hall–Kier alpha value is -2.41. The number of nitro benzene ring substituents is 2. The van der Waals surface area contributed by atoms with Gasteiger partial charge in [-0.05, 0) is 25.1 Å². The molecular formula is C13H10N2O4S. The minimum Gasteiger partial charge on any atom is -0.258 e. The molecule has 0 unspecified atom stereocenters. The van der Waals surface area contributed by atoms with E-state index < -0.39 is 9.85 Å². The van der Waals surface area contributed by atoms with Crippen LogP contribution in [0.5, 0.6) is 0 Å². The fourth-order valence-electron chi connectivity index (χ4n) is 1.72. The molecule has 20 heavy (non-hydrogen) atoms. The molecule has 2 rings (SSSR count). The summed E-state index contributed by atoms with van der Waals surface area (Å²) in [7, 11) is 0. The number of rotatable bonds is 4. The quantitative estimate of drug-likeness (QED) is 0.628. The molecule has 7 heteroatoms. The van der Waals surface area contributed by atoms with Gasteiger partial charge in [-0.25, -0.2) is 0 Å². The Balaban J connectivity index is 2.34. The Morgan fingerprint density at radius 2 is 1.60 bits per heavy atom. The predicted molar refractivity (Wildman–Crippen MR) is 75.1 cm³/mol. The maximum absolute atomic E-state index is 10.9. The van der Waals surface area contributed by atoms with Gasteiger partial charge in [0.15, 0.2) is 0 Å². The summed E-state index contributed by atoms with van der Waals surface area (Å²) in [6, 6.07) is 11.1. The van der Waals surface area contributed by atoms with Crippen LogP contribution in [0.1, 0.15) is 5.56 Å². The van der Waals surface area contributed by atoms with Crippen molar-refractivity contribution in [3.63, 3.8) is 0 Å². The lowest BCUT2D eigenvalue weighted by molar-refractivity contribution is -0.387. The van der Waals surface area contributed by atoms with Crippen molar-refractivity contribution >= 4 is 23.1 Å². The fraction of sp³-hybridized carbons (Fsp3) is 0.0769. The van der Waals surface area contributed by atoms with E-state index >= 15 is 0 Å². The van der Waals surface area contributed by atoms with Gasteiger partial charge in [-0.1, -0.05) is 23.9 Å². The van der Waals surface area contributed by atoms with Crippen molar-refractivity contribution in [3.05, 3.63) is 68.3 Å². The zero-order valence-electron chi connectivity index (χ0n) is 10.5. The van der Waals surface area contributed by atoms with Crippen LogP contribution in [0.4, 0.5) is 11.4 Å². The highest BCUT2D eigenvalue weighted by atomic mass is 32.2. The number of nitrogens with zero attached hydrogens (tertiary/aromatic N) is 2. The highest BCUT2D eigenvalue weighted by Crippen LogP contribution is 2.36. The van der Waals surface area contributed by atoms with E-state index in [1.54, 1.807) is 37.3 Å². The first kappa shape index (κ1) is 14.0. The molecule has 0 amide bonds. The molecule has 2 aromatic carbocycles. The minimum atomic E-state index is -0.450. The van der Waals surface area contributed by atoms with Crippen LogP contribution in [-0.4, -0.2) is 9.85 Å². The molecule has 0 heterocycles. The lowest BCUT2D eigenvalue weighted by Gasteiger charge is -2.04. The van der Waals surface area contributed by atoms with Crippen molar-refractivity contribution in [1.29, 1.82) is 0 Å². The van der Waals surface area contributed by atoms with Crippen LogP contribution in [-0.2, 0) is 0 Å². The van der Waals surface area contributed by atoms with Gasteiger partial charge in [-0.2, -0.15) is 0 Å². The molecule has 0 aliphatic carbocycles. The van der Waals surface area contributed by atoms with Crippen molar-refractivity contribution in [3.8, 4) is 0 Å². The Labute approximate surface area is 118 Å². The second-order valence-electron chi connectivity index (χ2n) is 4.03. The maximum atomic E-state index is 10.9. The van der Waals surface area contributed by atoms with Crippen LogP contribution in [0.25, 0.3) is 0 Å². The highest BCUT2D eigenvalue weighted by Gasteiger charge is 2.15. The second-order valence-corrected chi connectivity index (χ2v) is 5.15. The molecule has 0 saturated carbocycles. The third-order valence-corrected chi connectivity index (χ3v) is 3.71. The number of nitro groups is 2. The van der Waals surface area contributed by atoms with Gasteiger partial charge in [-0.15, -0.1) is 0 Å². The molecule has 6 nitrogen and oxygen atoms in total. The Kier molecular flexibility index (Phi) is 3.99. The first-order chi connectivity index (χ1) is 9.49. The third-order valence-electron chi connectivity index (χ3n) is 2.65. The number of para-hydroxylation sites is 1. The molecule has 0 aliphatic heterocycles. The molecule has 0 bridgehead atoms. The second kappa shape index (κ2) is 5.70. The fourth-order valence-corrected chi connectivity index (χ4v) is 2.74. The zero-order valence-corrected chi connectivity index (χ0v) is 11.3. The number of aryl methyl sites for hydroxylation is 1. The van der Waals surface area contributed by atoms with Crippen molar-refractivity contribution in [2.75, 3.05) is 0 Å². The standard InChI is InChI=1S/C13H10N2O4S/c1-9-8-10(6-7-11(9)14(16)17)20-13-5-3-2-4-12(13)15(18)19/h2-8H,1H3. The molecule has 0 N–H and O–H groups in total. The molecule has 0 radical (unpaired) electrons. The molecule has 102 valence electrons. The van der Waals surface area contributed by atoms with Gasteiger partial charge in [0.1, 0.15) is 0 Å². The minimum absolute atomic E-state index is 0.0218. The summed E-state index contributed by atoms with van der Waals surface area (Å²) >= 11 is 1.21. The zero-order chi connectivity index (χ0) is 14.7. The van der Waals surface area contributed by atoms with E-state index in [0.717, 1.165) is 4.90 Å². The Bertz CT molecular complexity index is 688. The van der Waals surface area contributed by atoms with Crippen LogP contribution in [0.15, 0.2) is 52.3 Å². The van der Waals surface area contributed by atoms with Crippen LogP contribution in [0.2, 0.25) is 0 Å². The van der Waals surface area contributed by atoms with Gasteiger partial charge in [-0.3, -0.25) is 20.2 Å².